The van der Waals surface area contributed by atoms with Crippen molar-refractivity contribution in [3.05, 3.63) is 11.6 Å². The fraction of sp³-hybridized carbons (Fsp3) is 0.833. The Morgan fingerprint density at radius 2 is 2.15 bits per heavy atom. The molecule has 1 saturated heterocycles. The van der Waals surface area contributed by atoms with E-state index in [4.69, 9.17) is 9.73 Å². The maximum Gasteiger partial charge on any atom is 0.191 e. The first-order valence-electron chi connectivity index (χ1n) is 9.97. The Balaban J connectivity index is 0.00000261. The Labute approximate surface area is 179 Å². The van der Waals surface area contributed by atoms with E-state index in [0.29, 0.717) is 12.6 Å². The van der Waals surface area contributed by atoms with Gasteiger partial charge in [0.25, 0.3) is 0 Å². The summed E-state index contributed by atoms with van der Waals surface area (Å²) < 4.78 is 7.14. The van der Waals surface area contributed by atoms with E-state index in [1.165, 1.54) is 25.9 Å². The Kier molecular flexibility index (Phi) is 9.77. The summed E-state index contributed by atoms with van der Waals surface area (Å²) in [7, 11) is 1.67. The van der Waals surface area contributed by atoms with Crippen molar-refractivity contribution >= 4 is 29.9 Å². The molecule has 0 saturated carbocycles. The molecule has 0 aliphatic carbocycles. The lowest BCUT2D eigenvalue weighted by atomic mass is 10.1. The fourth-order valence-electron chi connectivity index (χ4n) is 3.67. The second-order valence-corrected chi connectivity index (χ2v) is 7.10. The first kappa shape index (κ1) is 22.4. The van der Waals surface area contributed by atoms with Crippen LogP contribution in [0.25, 0.3) is 0 Å². The van der Waals surface area contributed by atoms with Crippen LogP contribution in [-0.4, -0.2) is 71.5 Å². The van der Waals surface area contributed by atoms with E-state index >= 15 is 0 Å². The lowest BCUT2D eigenvalue weighted by Crippen LogP contribution is -2.47. The number of aliphatic imine (C=N–C) groups is 1. The molecular weight excluding hydrogens is 457 g/mol. The van der Waals surface area contributed by atoms with Crippen molar-refractivity contribution < 1.29 is 4.74 Å². The summed E-state index contributed by atoms with van der Waals surface area (Å²) in [6, 6.07) is 0.330. The molecule has 1 aromatic rings. The number of aryl methyl sites for hydroxylation is 1. The Morgan fingerprint density at radius 3 is 2.89 bits per heavy atom. The molecule has 0 bridgehead atoms. The monoisotopic (exact) mass is 491 g/mol. The third kappa shape index (κ3) is 6.86. The summed E-state index contributed by atoms with van der Waals surface area (Å²) in [5.41, 5.74) is 0. The second-order valence-electron chi connectivity index (χ2n) is 7.10. The maximum absolute atomic E-state index is 5.13. The average molecular weight is 491 g/mol. The molecule has 0 spiro atoms. The van der Waals surface area contributed by atoms with Gasteiger partial charge in [-0.25, -0.2) is 9.67 Å². The van der Waals surface area contributed by atoms with Crippen LogP contribution < -0.4 is 10.6 Å². The molecule has 9 heteroatoms. The largest absolute Gasteiger partial charge is 0.377 e. The van der Waals surface area contributed by atoms with E-state index in [0.717, 1.165) is 63.0 Å². The number of hydrogen-bond donors (Lipinski definition) is 2. The van der Waals surface area contributed by atoms with Crippen LogP contribution in [0.4, 0.5) is 0 Å². The third-order valence-corrected chi connectivity index (χ3v) is 4.96. The smallest absolute Gasteiger partial charge is 0.191 e. The van der Waals surface area contributed by atoms with Crippen molar-refractivity contribution in [2.75, 3.05) is 39.8 Å². The number of nitrogens with one attached hydrogen (secondary N) is 2. The molecule has 1 unspecified atom stereocenters. The quantitative estimate of drug-likeness (QED) is 0.248. The first-order chi connectivity index (χ1) is 12.8. The normalized spacial score (nSPS) is 20.2. The summed E-state index contributed by atoms with van der Waals surface area (Å²) >= 11 is 0. The zero-order chi connectivity index (χ0) is 18.2. The van der Waals surface area contributed by atoms with Gasteiger partial charge in [0, 0.05) is 32.7 Å². The van der Waals surface area contributed by atoms with Crippen LogP contribution in [0.3, 0.4) is 0 Å². The van der Waals surface area contributed by atoms with Gasteiger partial charge in [-0.3, -0.25) is 4.99 Å². The summed E-state index contributed by atoms with van der Waals surface area (Å²) in [4.78, 5) is 11.8. The molecule has 0 amide bonds. The van der Waals surface area contributed by atoms with E-state index in [1.54, 1.807) is 7.11 Å². The van der Waals surface area contributed by atoms with Crippen molar-refractivity contribution in [3.63, 3.8) is 0 Å². The lowest BCUT2D eigenvalue weighted by molar-refractivity contribution is 0.177. The summed E-state index contributed by atoms with van der Waals surface area (Å²) in [5.74, 6) is 2.74. The van der Waals surface area contributed by atoms with Crippen LogP contribution in [0.1, 0.15) is 44.3 Å². The molecule has 3 rings (SSSR count). The topological polar surface area (TPSA) is 79.6 Å². The van der Waals surface area contributed by atoms with Crippen LogP contribution in [0.2, 0.25) is 0 Å². The van der Waals surface area contributed by atoms with Crippen LogP contribution in [0, 0.1) is 0 Å². The number of aromatic nitrogens is 3. The van der Waals surface area contributed by atoms with Crippen LogP contribution in [0.15, 0.2) is 4.99 Å². The number of fused-ring (bicyclic) bond motifs is 1. The van der Waals surface area contributed by atoms with Crippen molar-refractivity contribution in [1.29, 1.82) is 0 Å². The Bertz CT molecular complexity index is 586. The number of ether oxygens (including phenoxy) is 1. The summed E-state index contributed by atoms with van der Waals surface area (Å²) in [6.07, 6.45) is 5.80. The highest BCUT2D eigenvalue weighted by Gasteiger charge is 2.22. The predicted octanol–water partition coefficient (Wildman–Crippen LogP) is 1.40. The molecule has 0 aromatic carbocycles. The number of halogens is 1. The van der Waals surface area contributed by atoms with Gasteiger partial charge in [-0.05, 0) is 52.2 Å². The van der Waals surface area contributed by atoms with Gasteiger partial charge in [0.05, 0.1) is 6.54 Å². The standard InChI is InChI=1S/C18H33N7O.HI/c1-3-19-18(20-9-6-12-24-10-4-5-11-24)21-15-7-8-17-22-16(14-26-2)23-25(17)13-15;/h15H,3-14H2,1-2H3,(H2,19,20,21);1H. The van der Waals surface area contributed by atoms with E-state index < -0.39 is 0 Å². The predicted molar refractivity (Wildman–Crippen MR) is 118 cm³/mol. The summed E-state index contributed by atoms with van der Waals surface area (Å²) in [6.45, 7) is 8.82. The van der Waals surface area contributed by atoms with E-state index in [1.807, 2.05) is 4.68 Å². The number of methoxy groups -OCH3 is 1. The highest BCUT2D eigenvalue weighted by Crippen LogP contribution is 2.13. The van der Waals surface area contributed by atoms with Gasteiger partial charge in [0.1, 0.15) is 12.4 Å². The van der Waals surface area contributed by atoms with E-state index in [9.17, 15) is 0 Å². The van der Waals surface area contributed by atoms with Gasteiger partial charge in [-0.1, -0.05) is 0 Å². The molecule has 154 valence electrons. The van der Waals surface area contributed by atoms with Gasteiger partial charge in [-0.15, -0.1) is 24.0 Å². The molecule has 1 atom stereocenters. The molecule has 0 radical (unpaired) electrons. The average Bonchev–Trinajstić information content (AvgIpc) is 3.28. The van der Waals surface area contributed by atoms with E-state index in [-0.39, 0.29) is 24.0 Å². The molecule has 2 aliphatic heterocycles. The van der Waals surface area contributed by atoms with Crippen molar-refractivity contribution in [1.82, 2.24) is 30.3 Å². The molecule has 1 aromatic heterocycles. The first-order valence-corrected chi connectivity index (χ1v) is 9.97. The Morgan fingerprint density at radius 1 is 1.33 bits per heavy atom. The third-order valence-electron chi connectivity index (χ3n) is 4.96. The van der Waals surface area contributed by atoms with Crippen LogP contribution >= 0.6 is 24.0 Å². The van der Waals surface area contributed by atoms with Gasteiger partial charge in [-0.2, -0.15) is 5.10 Å². The minimum absolute atomic E-state index is 0. The zero-order valence-corrected chi connectivity index (χ0v) is 18.9. The van der Waals surface area contributed by atoms with Crippen molar-refractivity contribution in [2.45, 2.75) is 58.2 Å². The van der Waals surface area contributed by atoms with Gasteiger partial charge < -0.3 is 20.3 Å². The van der Waals surface area contributed by atoms with Crippen molar-refractivity contribution in [2.24, 2.45) is 4.99 Å². The molecule has 8 nitrogen and oxygen atoms in total. The SMILES string of the molecule is CCNC(=NCCCN1CCCC1)NC1CCc2nc(COC)nn2C1.I. The number of hydrogen-bond acceptors (Lipinski definition) is 5. The Hall–Kier alpha value is -0.940. The molecule has 2 aliphatic rings. The molecule has 3 heterocycles. The second kappa shape index (κ2) is 11.8. The minimum atomic E-state index is 0. The number of guanidine groups is 1. The fourth-order valence-corrected chi connectivity index (χ4v) is 3.67. The van der Waals surface area contributed by atoms with Gasteiger partial charge in [0.2, 0.25) is 0 Å². The zero-order valence-electron chi connectivity index (χ0n) is 16.6. The molecule has 2 N–H and O–H groups in total. The number of rotatable bonds is 8. The molecular formula is C18H34IN7O. The molecule has 1 fully saturated rings. The minimum Gasteiger partial charge on any atom is -0.377 e. The van der Waals surface area contributed by atoms with Gasteiger partial charge in [0.15, 0.2) is 11.8 Å². The number of likely N-dealkylation sites (tertiary alicyclic amines) is 1. The summed E-state index contributed by atoms with van der Waals surface area (Å²) in [5, 5.41) is 11.5. The van der Waals surface area contributed by atoms with Gasteiger partial charge >= 0.3 is 0 Å². The van der Waals surface area contributed by atoms with E-state index in [2.05, 4.69) is 32.5 Å². The highest BCUT2D eigenvalue weighted by molar-refractivity contribution is 14.0. The van der Waals surface area contributed by atoms with Crippen molar-refractivity contribution in [3.8, 4) is 0 Å². The highest BCUT2D eigenvalue weighted by atomic mass is 127. The maximum atomic E-state index is 5.13. The van der Waals surface area contributed by atoms with Crippen LogP contribution in [-0.2, 0) is 24.3 Å². The lowest BCUT2D eigenvalue weighted by Gasteiger charge is -2.25. The number of nitrogens with zero attached hydrogens (tertiary/aromatic N) is 5. The van der Waals surface area contributed by atoms with Crippen LogP contribution in [0.5, 0.6) is 0 Å². The molecule has 27 heavy (non-hydrogen) atoms.